The number of likely N-dealkylation sites (tertiary alicyclic amines) is 1. The molecule has 1 saturated carbocycles. The monoisotopic (exact) mass is 320 g/mol. The van der Waals surface area contributed by atoms with Crippen LogP contribution in [0, 0.1) is 11.8 Å². The topological polar surface area (TPSA) is 32.8 Å². The lowest BCUT2D eigenvalue weighted by molar-refractivity contribution is -0.195. The molecule has 3 saturated heterocycles. The van der Waals surface area contributed by atoms with E-state index in [1.165, 1.54) is 32.1 Å². The van der Waals surface area contributed by atoms with Crippen molar-refractivity contribution in [1.29, 1.82) is 0 Å². The predicted octanol–water partition coefficient (Wildman–Crippen LogP) is 3.01. The molecule has 4 aliphatic rings. The highest BCUT2D eigenvalue weighted by atomic mass is 16.5. The minimum absolute atomic E-state index is 0.268. The van der Waals surface area contributed by atoms with Crippen molar-refractivity contribution in [3.8, 4) is 0 Å². The molecule has 3 heterocycles. The van der Waals surface area contributed by atoms with Crippen LogP contribution in [0.3, 0.4) is 0 Å². The Morgan fingerprint density at radius 1 is 1.17 bits per heavy atom. The fraction of sp³-hybridized carbons (Fsp3) is 0.947. The molecule has 3 atom stereocenters. The van der Waals surface area contributed by atoms with Gasteiger partial charge >= 0.3 is 0 Å². The molecule has 4 heteroatoms. The summed E-state index contributed by atoms with van der Waals surface area (Å²) in [7, 11) is 0. The zero-order valence-corrected chi connectivity index (χ0v) is 14.8. The number of carbonyl (C=O) groups excluding carboxylic acids is 1. The van der Waals surface area contributed by atoms with E-state index >= 15 is 0 Å². The first kappa shape index (κ1) is 15.9. The van der Waals surface area contributed by atoms with Gasteiger partial charge in [-0.2, -0.15) is 0 Å². The van der Waals surface area contributed by atoms with E-state index in [1.54, 1.807) is 0 Å². The molecule has 23 heavy (non-hydrogen) atoms. The Morgan fingerprint density at radius 3 is 2.70 bits per heavy atom. The molecular weight excluding hydrogens is 288 g/mol. The summed E-state index contributed by atoms with van der Waals surface area (Å²) in [5, 5.41) is 0. The molecule has 1 amide bonds. The van der Waals surface area contributed by atoms with Crippen molar-refractivity contribution < 1.29 is 9.53 Å². The molecule has 1 aliphatic carbocycles. The Bertz CT molecular complexity index is 460. The molecule has 0 unspecified atom stereocenters. The van der Waals surface area contributed by atoms with Gasteiger partial charge < -0.3 is 9.64 Å². The standard InChI is InChI=1S/C19H32N2O2/c1-14(2)17-13-23-19-10-11-20(16-6-4-3-5-7-16)12-15(19)8-9-18(22)21(17)19/h14-17H,3-13H2,1-2H3/t15-,17-,19-/m1/s1. The lowest BCUT2D eigenvalue weighted by Gasteiger charge is -2.54. The van der Waals surface area contributed by atoms with E-state index in [-0.39, 0.29) is 11.8 Å². The number of piperidine rings is 2. The maximum absolute atomic E-state index is 12.7. The Morgan fingerprint density at radius 2 is 1.96 bits per heavy atom. The minimum atomic E-state index is -0.268. The van der Waals surface area contributed by atoms with Crippen molar-refractivity contribution in [3.63, 3.8) is 0 Å². The zero-order valence-electron chi connectivity index (χ0n) is 14.8. The molecular formula is C19H32N2O2. The molecule has 3 aliphatic heterocycles. The number of ether oxygens (including phenoxy) is 1. The largest absolute Gasteiger partial charge is 0.353 e. The van der Waals surface area contributed by atoms with Gasteiger partial charge in [0.1, 0.15) is 5.72 Å². The van der Waals surface area contributed by atoms with E-state index in [4.69, 9.17) is 4.74 Å². The summed E-state index contributed by atoms with van der Waals surface area (Å²) in [6.45, 7) is 7.43. The molecule has 4 nitrogen and oxygen atoms in total. The summed E-state index contributed by atoms with van der Waals surface area (Å²) < 4.78 is 6.41. The quantitative estimate of drug-likeness (QED) is 0.784. The number of carbonyl (C=O) groups is 1. The van der Waals surface area contributed by atoms with Crippen LogP contribution in [0.1, 0.15) is 65.2 Å². The van der Waals surface area contributed by atoms with Gasteiger partial charge in [0, 0.05) is 37.9 Å². The van der Waals surface area contributed by atoms with Crippen LogP contribution in [0.4, 0.5) is 0 Å². The summed E-state index contributed by atoms with van der Waals surface area (Å²) in [5.41, 5.74) is -0.268. The molecule has 130 valence electrons. The Hall–Kier alpha value is -0.610. The van der Waals surface area contributed by atoms with Crippen LogP contribution in [-0.2, 0) is 9.53 Å². The number of nitrogens with zero attached hydrogens (tertiary/aromatic N) is 2. The van der Waals surface area contributed by atoms with Crippen molar-refractivity contribution >= 4 is 5.91 Å². The first-order chi connectivity index (χ1) is 11.1. The molecule has 0 bridgehead atoms. The second-order valence-corrected chi connectivity index (χ2v) is 8.50. The van der Waals surface area contributed by atoms with Gasteiger partial charge in [-0.15, -0.1) is 0 Å². The summed E-state index contributed by atoms with van der Waals surface area (Å²) in [5.74, 6) is 1.33. The summed E-state index contributed by atoms with van der Waals surface area (Å²) >= 11 is 0. The first-order valence-corrected chi connectivity index (χ1v) is 9.82. The zero-order chi connectivity index (χ0) is 16.0. The molecule has 4 fully saturated rings. The summed E-state index contributed by atoms with van der Waals surface area (Å²) in [6.07, 6.45) is 9.71. The molecule has 4 rings (SSSR count). The van der Waals surface area contributed by atoms with E-state index in [0.29, 0.717) is 17.7 Å². The van der Waals surface area contributed by atoms with Crippen LogP contribution < -0.4 is 0 Å². The Labute approximate surface area is 140 Å². The molecule has 1 spiro atoms. The van der Waals surface area contributed by atoms with Crippen molar-refractivity contribution in [3.05, 3.63) is 0 Å². The number of amides is 1. The second kappa shape index (κ2) is 6.03. The maximum Gasteiger partial charge on any atom is 0.225 e. The molecule has 0 aromatic heterocycles. The van der Waals surface area contributed by atoms with Gasteiger partial charge in [-0.25, -0.2) is 0 Å². The number of hydrogen-bond acceptors (Lipinski definition) is 3. The van der Waals surface area contributed by atoms with Crippen LogP contribution in [0.5, 0.6) is 0 Å². The average Bonchev–Trinajstić information content (AvgIpc) is 2.96. The van der Waals surface area contributed by atoms with Crippen molar-refractivity contribution in [1.82, 2.24) is 9.80 Å². The Balaban J connectivity index is 1.53. The van der Waals surface area contributed by atoms with E-state index in [9.17, 15) is 4.79 Å². The average molecular weight is 320 g/mol. The molecule has 0 aromatic carbocycles. The lowest BCUT2D eigenvalue weighted by Crippen LogP contribution is -2.66. The number of hydrogen-bond donors (Lipinski definition) is 0. The van der Waals surface area contributed by atoms with Gasteiger partial charge in [0.25, 0.3) is 0 Å². The molecule has 0 aromatic rings. The van der Waals surface area contributed by atoms with Gasteiger partial charge in [0.05, 0.1) is 12.6 Å². The summed E-state index contributed by atoms with van der Waals surface area (Å²) in [4.78, 5) is 17.6. The van der Waals surface area contributed by atoms with Gasteiger partial charge in [-0.1, -0.05) is 33.1 Å². The minimum Gasteiger partial charge on any atom is -0.353 e. The van der Waals surface area contributed by atoms with E-state index < -0.39 is 0 Å². The molecule has 0 N–H and O–H groups in total. The SMILES string of the molecule is CC(C)[C@H]1CO[C@]23CCN(C4CCCCC4)C[C@H]2CCC(=O)N13. The smallest absolute Gasteiger partial charge is 0.225 e. The Kier molecular flexibility index (Phi) is 4.17. The normalized spacial score (nSPS) is 39.6. The third-order valence-corrected chi connectivity index (χ3v) is 6.93. The van der Waals surface area contributed by atoms with Crippen molar-refractivity contribution in [2.75, 3.05) is 19.7 Å². The van der Waals surface area contributed by atoms with E-state index in [1.807, 2.05) is 0 Å². The van der Waals surface area contributed by atoms with Gasteiger partial charge in [-0.05, 0) is 25.2 Å². The highest BCUT2D eigenvalue weighted by molar-refractivity contribution is 5.78. The summed E-state index contributed by atoms with van der Waals surface area (Å²) in [6, 6.07) is 1.07. The number of rotatable bonds is 2. The highest BCUT2D eigenvalue weighted by Crippen LogP contribution is 2.48. The fourth-order valence-electron chi connectivity index (χ4n) is 5.59. The highest BCUT2D eigenvalue weighted by Gasteiger charge is 2.59. The van der Waals surface area contributed by atoms with Gasteiger partial charge in [0.15, 0.2) is 0 Å². The van der Waals surface area contributed by atoms with Crippen molar-refractivity contribution in [2.24, 2.45) is 11.8 Å². The van der Waals surface area contributed by atoms with Crippen LogP contribution in [0.2, 0.25) is 0 Å². The fourth-order valence-corrected chi connectivity index (χ4v) is 5.59. The molecule has 0 radical (unpaired) electrons. The predicted molar refractivity (Wildman–Crippen MR) is 89.9 cm³/mol. The first-order valence-electron chi connectivity index (χ1n) is 9.82. The van der Waals surface area contributed by atoms with E-state index in [2.05, 4.69) is 23.6 Å². The van der Waals surface area contributed by atoms with Gasteiger partial charge in [0.2, 0.25) is 5.91 Å². The van der Waals surface area contributed by atoms with Crippen molar-refractivity contribution in [2.45, 2.75) is 83.0 Å². The van der Waals surface area contributed by atoms with Crippen LogP contribution in [-0.4, -0.2) is 53.2 Å². The lowest BCUT2D eigenvalue weighted by atomic mass is 9.78. The second-order valence-electron chi connectivity index (χ2n) is 8.50. The third-order valence-electron chi connectivity index (χ3n) is 6.93. The maximum atomic E-state index is 12.7. The van der Waals surface area contributed by atoms with Crippen LogP contribution >= 0.6 is 0 Å². The van der Waals surface area contributed by atoms with Gasteiger partial charge in [-0.3, -0.25) is 9.69 Å². The van der Waals surface area contributed by atoms with E-state index in [0.717, 1.165) is 45.0 Å². The third kappa shape index (κ3) is 2.53. The van der Waals surface area contributed by atoms with Crippen LogP contribution in [0.15, 0.2) is 0 Å². The van der Waals surface area contributed by atoms with Crippen LogP contribution in [0.25, 0.3) is 0 Å².